The highest BCUT2D eigenvalue weighted by molar-refractivity contribution is 7.99. The Morgan fingerprint density at radius 1 is 0.875 bits per heavy atom. The normalized spacial score (nSPS) is 10.5. The standard InChI is InChI=1S/C25H28N4O2S/c26-21-13-14-25(28-17-21)32-18-24(31)27-15-6-2-5-12-23(30)29-22-11-7-10-20(16-22)19-8-3-1-4-9-19/h1,3-4,7-11,13-14,16-17H,2,5-6,12,15,18,26H2,(H,27,31)(H,29,30). The average molecular weight is 449 g/mol. The number of thioether (sulfide) groups is 1. The molecular formula is C25H28N4O2S. The number of benzene rings is 2. The van der Waals surface area contributed by atoms with Crippen LogP contribution in [-0.4, -0.2) is 29.1 Å². The Morgan fingerprint density at radius 3 is 2.47 bits per heavy atom. The summed E-state index contributed by atoms with van der Waals surface area (Å²) in [5.74, 6) is 0.303. The van der Waals surface area contributed by atoms with Crippen LogP contribution < -0.4 is 16.4 Å². The van der Waals surface area contributed by atoms with Crippen LogP contribution in [0.1, 0.15) is 25.7 Å². The molecule has 6 nitrogen and oxygen atoms in total. The zero-order valence-corrected chi connectivity index (χ0v) is 18.7. The smallest absolute Gasteiger partial charge is 0.230 e. The molecule has 0 radical (unpaired) electrons. The third kappa shape index (κ3) is 8.07. The Kier molecular flexibility index (Phi) is 9.13. The van der Waals surface area contributed by atoms with Crippen LogP contribution in [0.15, 0.2) is 78.0 Å². The van der Waals surface area contributed by atoms with Crippen molar-refractivity contribution in [3.8, 4) is 11.1 Å². The molecule has 0 atom stereocenters. The van der Waals surface area contributed by atoms with Crippen LogP contribution in [0, 0.1) is 0 Å². The van der Waals surface area contributed by atoms with Crippen molar-refractivity contribution in [2.24, 2.45) is 0 Å². The van der Waals surface area contributed by atoms with Gasteiger partial charge in [-0.1, -0.05) is 60.6 Å². The molecule has 166 valence electrons. The van der Waals surface area contributed by atoms with Gasteiger partial charge in [0.15, 0.2) is 0 Å². The molecule has 4 N–H and O–H groups in total. The van der Waals surface area contributed by atoms with Gasteiger partial charge in [-0.25, -0.2) is 4.98 Å². The highest BCUT2D eigenvalue weighted by Gasteiger charge is 2.06. The van der Waals surface area contributed by atoms with Gasteiger partial charge in [0, 0.05) is 18.7 Å². The molecule has 0 unspecified atom stereocenters. The number of nitrogens with one attached hydrogen (secondary N) is 2. The highest BCUT2D eigenvalue weighted by atomic mass is 32.2. The first kappa shape index (κ1) is 23.3. The molecule has 0 aliphatic heterocycles. The SMILES string of the molecule is Nc1ccc(SCC(=O)NCCCCCC(=O)Nc2cccc(-c3ccccc3)c2)nc1. The van der Waals surface area contributed by atoms with Gasteiger partial charge in [0.05, 0.1) is 22.7 Å². The summed E-state index contributed by atoms with van der Waals surface area (Å²) in [6, 6.07) is 21.5. The summed E-state index contributed by atoms with van der Waals surface area (Å²) >= 11 is 1.38. The van der Waals surface area contributed by atoms with Crippen molar-refractivity contribution in [3.05, 3.63) is 72.9 Å². The summed E-state index contributed by atoms with van der Waals surface area (Å²) in [4.78, 5) is 28.3. The van der Waals surface area contributed by atoms with Crippen molar-refractivity contribution in [1.29, 1.82) is 0 Å². The molecule has 1 heterocycles. The van der Waals surface area contributed by atoms with Gasteiger partial charge in [-0.2, -0.15) is 0 Å². The summed E-state index contributed by atoms with van der Waals surface area (Å²) in [7, 11) is 0. The summed E-state index contributed by atoms with van der Waals surface area (Å²) in [6.45, 7) is 0.606. The summed E-state index contributed by atoms with van der Waals surface area (Å²) in [5.41, 5.74) is 9.20. The first-order chi connectivity index (χ1) is 15.6. The highest BCUT2D eigenvalue weighted by Crippen LogP contribution is 2.22. The maximum atomic E-state index is 12.2. The summed E-state index contributed by atoms with van der Waals surface area (Å²) in [5, 5.41) is 6.65. The van der Waals surface area contributed by atoms with Gasteiger partial charge in [0.25, 0.3) is 0 Å². The van der Waals surface area contributed by atoms with Crippen molar-refractivity contribution in [3.63, 3.8) is 0 Å². The zero-order chi connectivity index (χ0) is 22.6. The molecule has 0 aliphatic carbocycles. The molecule has 0 saturated carbocycles. The number of nitrogen functional groups attached to an aromatic ring is 1. The van der Waals surface area contributed by atoms with E-state index in [1.54, 1.807) is 18.3 Å². The molecule has 0 bridgehead atoms. The maximum absolute atomic E-state index is 12.2. The van der Waals surface area contributed by atoms with E-state index in [0.717, 1.165) is 41.1 Å². The Labute approximate surface area is 193 Å². The first-order valence-electron chi connectivity index (χ1n) is 10.7. The Balaban J connectivity index is 1.28. The monoisotopic (exact) mass is 448 g/mol. The molecule has 2 amide bonds. The molecule has 1 aromatic heterocycles. The van der Waals surface area contributed by atoms with Crippen LogP contribution in [0.2, 0.25) is 0 Å². The van der Waals surface area contributed by atoms with Gasteiger partial charge in [-0.3, -0.25) is 9.59 Å². The molecule has 3 aromatic rings. The largest absolute Gasteiger partial charge is 0.397 e. The molecule has 0 aliphatic rings. The fourth-order valence-corrected chi connectivity index (χ4v) is 3.79. The lowest BCUT2D eigenvalue weighted by Gasteiger charge is -2.08. The predicted octanol–water partition coefficient (Wildman–Crippen LogP) is 4.74. The quantitative estimate of drug-likeness (QED) is 0.291. The van der Waals surface area contributed by atoms with Gasteiger partial charge < -0.3 is 16.4 Å². The maximum Gasteiger partial charge on any atom is 0.230 e. The summed E-state index contributed by atoms with van der Waals surface area (Å²) < 4.78 is 0. The average Bonchev–Trinajstić information content (AvgIpc) is 2.81. The topological polar surface area (TPSA) is 97.1 Å². The van der Waals surface area contributed by atoms with Crippen molar-refractivity contribution in [2.75, 3.05) is 23.3 Å². The van der Waals surface area contributed by atoms with Gasteiger partial charge >= 0.3 is 0 Å². The molecule has 3 rings (SSSR count). The number of carbonyl (C=O) groups excluding carboxylic acids is 2. The molecule has 0 spiro atoms. The van der Waals surface area contributed by atoms with Crippen LogP contribution in [0.4, 0.5) is 11.4 Å². The van der Waals surface area contributed by atoms with Crippen LogP contribution in [0.3, 0.4) is 0 Å². The van der Waals surface area contributed by atoms with E-state index < -0.39 is 0 Å². The minimum Gasteiger partial charge on any atom is -0.397 e. The van der Waals surface area contributed by atoms with Gasteiger partial charge in [-0.15, -0.1) is 0 Å². The third-order valence-electron chi connectivity index (χ3n) is 4.77. The Bertz CT molecular complexity index is 1010. The van der Waals surface area contributed by atoms with Crippen LogP contribution in [0.5, 0.6) is 0 Å². The minimum absolute atomic E-state index is 0.00615. The Hall–Kier alpha value is -3.32. The molecule has 2 aromatic carbocycles. The summed E-state index contributed by atoms with van der Waals surface area (Å²) in [6.07, 6.45) is 4.54. The number of amides is 2. The number of nitrogens with zero attached hydrogens (tertiary/aromatic N) is 1. The lowest BCUT2D eigenvalue weighted by atomic mass is 10.1. The van der Waals surface area contributed by atoms with E-state index in [4.69, 9.17) is 5.73 Å². The number of carbonyl (C=O) groups is 2. The number of aromatic nitrogens is 1. The number of pyridine rings is 1. The van der Waals surface area contributed by atoms with E-state index in [9.17, 15) is 9.59 Å². The van der Waals surface area contributed by atoms with Gasteiger partial charge in [0.2, 0.25) is 11.8 Å². The molecule has 7 heteroatoms. The Morgan fingerprint density at radius 2 is 1.69 bits per heavy atom. The second-order valence-corrected chi connectivity index (χ2v) is 8.37. The van der Waals surface area contributed by atoms with Crippen molar-refractivity contribution >= 4 is 35.0 Å². The van der Waals surface area contributed by atoms with E-state index in [1.165, 1.54) is 11.8 Å². The number of anilines is 2. The fourth-order valence-electron chi connectivity index (χ4n) is 3.11. The molecule has 0 saturated heterocycles. The zero-order valence-electron chi connectivity index (χ0n) is 17.9. The van der Waals surface area contributed by atoms with Crippen LogP contribution in [-0.2, 0) is 9.59 Å². The number of hydrogen-bond acceptors (Lipinski definition) is 5. The van der Waals surface area contributed by atoms with E-state index >= 15 is 0 Å². The third-order valence-corrected chi connectivity index (χ3v) is 5.71. The first-order valence-corrected chi connectivity index (χ1v) is 11.6. The second-order valence-electron chi connectivity index (χ2n) is 7.37. The van der Waals surface area contributed by atoms with Crippen LogP contribution in [0.25, 0.3) is 11.1 Å². The fraction of sp³-hybridized carbons (Fsp3) is 0.240. The lowest BCUT2D eigenvalue weighted by Crippen LogP contribution is -2.26. The van der Waals surface area contributed by atoms with Crippen molar-refractivity contribution in [1.82, 2.24) is 10.3 Å². The molecule has 0 fully saturated rings. The molecule has 32 heavy (non-hydrogen) atoms. The second kappa shape index (κ2) is 12.5. The minimum atomic E-state index is -0.0235. The number of hydrogen-bond donors (Lipinski definition) is 3. The lowest BCUT2D eigenvalue weighted by molar-refractivity contribution is -0.118. The van der Waals surface area contributed by atoms with Crippen LogP contribution >= 0.6 is 11.8 Å². The van der Waals surface area contributed by atoms with Gasteiger partial charge in [-0.05, 0) is 48.2 Å². The predicted molar refractivity (Wildman–Crippen MR) is 131 cm³/mol. The number of rotatable bonds is 11. The van der Waals surface area contributed by atoms with E-state index in [-0.39, 0.29) is 11.8 Å². The van der Waals surface area contributed by atoms with E-state index in [1.807, 2.05) is 54.6 Å². The molecular weight excluding hydrogens is 420 g/mol. The van der Waals surface area contributed by atoms with Crippen molar-refractivity contribution in [2.45, 2.75) is 30.7 Å². The number of unbranched alkanes of at least 4 members (excludes halogenated alkanes) is 2. The number of nitrogens with two attached hydrogens (primary N) is 1. The van der Waals surface area contributed by atoms with Crippen molar-refractivity contribution < 1.29 is 9.59 Å². The van der Waals surface area contributed by atoms with Gasteiger partial charge in [0.1, 0.15) is 0 Å². The van der Waals surface area contributed by atoms with E-state index in [0.29, 0.717) is 24.4 Å². The van der Waals surface area contributed by atoms with E-state index in [2.05, 4.69) is 15.6 Å².